The van der Waals surface area contributed by atoms with Crippen molar-refractivity contribution in [2.75, 3.05) is 0 Å². The second kappa shape index (κ2) is 4.99. The highest BCUT2D eigenvalue weighted by atomic mass is 32.2. The highest BCUT2D eigenvalue weighted by Crippen LogP contribution is 2.23. The van der Waals surface area contributed by atoms with Crippen molar-refractivity contribution < 1.29 is 18.0 Å². The topological polar surface area (TPSA) is 92.4 Å². The third-order valence-corrected chi connectivity index (χ3v) is 5.02. The van der Waals surface area contributed by atoms with E-state index in [1.54, 1.807) is 13.8 Å². The minimum atomic E-state index is -3.58. The van der Waals surface area contributed by atoms with Crippen LogP contribution in [0.2, 0.25) is 0 Å². The summed E-state index contributed by atoms with van der Waals surface area (Å²) < 4.78 is 32.0. The largest absolute Gasteiger partial charge is 0.393 e. The van der Waals surface area contributed by atoms with Gasteiger partial charge in [0.1, 0.15) is 10.6 Å². The first-order valence-corrected chi connectivity index (χ1v) is 7.51. The maximum Gasteiger partial charge on any atom is 0.246 e. The van der Waals surface area contributed by atoms with E-state index in [4.69, 9.17) is 4.52 Å². The fourth-order valence-electron chi connectivity index (χ4n) is 2.33. The molecule has 0 amide bonds. The molecule has 18 heavy (non-hydrogen) atoms. The average Bonchev–Trinajstić information content (AvgIpc) is 2.62. The predicted octanol–water partition coefficient (Wildman–Crippen LogP) is 0.873. The number of nitrogens with one attached hydrogen (secondary N) is 1. The summed E-state index contributed by atoms with van der Waals surface area (Å²) in [6.07, 6.45) is 2.28. The number of sulfonamides is 1. The molecular formula is C11H18N2O4S. The first-order chi connectivity index (χ1) is 8.40. The summed E-state index contributed by atoms with van der Waals surface area (Å²) in [6.45, 7) is 3.19. The van der Waals surface area contributed by atoms with Crippen LogP contribution in [0.1, 0.15) is 37.1 Å². The van der Waals surface area contributed by atoms with Gasteiger partial charge in [0.2, 0.25) is 10.0 Å². The molecule has 7 heteroatoms. The van der Waals surface area contributed by atoms with Gasteiger partial charge in [0.25, 0.3) is 0 Å². The number of aliphatic hydroxyl groups excluding tert-OH is 1. The van der Waals surface area contributed by atoms with Gasteiger partial charge >= 0.3 is 0 Å². The van der Waals surface area contributed by atoms with Gasteiger partial charge in [-0.3, -0.25) is 0 Å². The van der Waals surface area contributed by atoms with Crippen LogP contribution in [0.5, 0.6) is 0 Å². The van der Waals surface area contributed by atoms with Crippen LogP contribution in [0, 0.1) is 13.8 Å². The second-order valence-electron chi connectivity index (χ2n) is 4.78. The normalized spacial score (nSPS) is 25.3. The van der Waals surface area contributed by atoms with E-state index < -0.39 is 10.0 Å². The number of hydrogen-bond donors (Lipinski definition) is 2. The molecule has 0 saturated heterocycles. The van der Waals surface area contributed by atoms with E-state index in [1.165, 1.54) is 0 Å². The van der Waals surface area contributed by atoms with Gasteiger partial charge in [0, 0.05) is 6.04 Å². The van der Waals surface area contributed by atoms with Crippen LogP contribution in [0.15, 0.2) is 9.42 Å². The van der Waals surface area contributed by atoms with Gasteiger partial charge in [-0.2, -0.15) is 0 Å². The molecule has 0 atom stereocenters. The first kappa shape index (κ1) is 13.5. The van der Waals surface area contributed by atoms with Crippen LogP contribution >= 0.6 is 0 Å². The van der Waals surface area contributed by atoms with Gasteiger partial charge in [-0.25, -0.2) is 13.1 Å². The molecule has 6 nitrogen and oxygen atoms in total. The van der Waals surface area contributed by atoms with E-state index in [2.05, 4.69) is 9.88 Å². The number of rotatable bonds is 3. The van der Waals surface area contributed by atoms with Crippen molar-refractivity contribution in [1.82, 2.24) is 9.88 Å². The monoisotopic (exact) mass is 274 g/mol. The number of aromatic nitrogens is 1. The van der Waals surface area contributed by atoms with Gasteiger partial charge in [0.15, 0.2) is 5.76 Å². The molecule has 1 aliphatic carbocycles. The van der Waals surface area contributed by atoms with Crippen molar-refractivity contribution in [2.45, 2.75) is 56.6 Å². The quantitative estimate of drug-likeness (QED) is 0.853. The second-order valence-corrected chi connectivity index (χ2v) is 6.43. The van der Waals surface area contributed by atoms with Crippen molar-refractivity contribution in [1.29, 1.82) is 0 Å². The van der Waals surface area contributed by atoms with Crippen LogP contribution in [-0.2, 0) is 10.0 Å². The lowest BCUT2D eigenvalue weighted by molar-refractivity contribution is 0.120. The van der Waals surface area contributed by atoms with Crippen molar-refractivity contribution in [2.24, 2.45) is 0 Å². The predicted molar refractivity (Wildman–Crippen MR) is 64.6 cm³/mol. The summed E-state index contributed by atoms with van der Waals surface area (Å²) in [4.78, 5) is 0.133. The highest BCUT2D eigenvalue weighted by Gasteiger charge is 2.29. The van der Waals surface area contributed by atoms with Gasteiger partial charge in [-0.05, 0) is 39.5 Å². The lowest BCUT2D eigenvalue weighted by atomic mass is 9.94. The SMILES string of the molecule is Cc1noc(C)c1S(=O)(=O)NC1CCC(O)CC1. The zero-order valence-corrected chi connectivity index (χ0v) is 11.3. The summed E-state index contributed by atoms with van der Waals surface area (Å²) in [5.41, 5.74) is 0.371. The fraction of sp³-hybridized carbons (Fsp3) is 0.727. The highest BCUT2D eigenvalue weighted by molar-refractivity contribution is 7.89. The lowest BCUT2D eigenvalue weighted by Gasteiger charge is -2.25. The van der Waals surface area contributed by atoms with E-state index in [0.717, 1.165) is 0 Å². The van der Waals surface area contributed by atoms with Crippen molar-refractivity contribution in [3.63, 3.8) is 0 Å². The molecule has 0 aromatic carbocycles. The summed E-state index contributed by atoms with van der Waals surface area (Å²) in [6, 6.07) is -0.118. The Labute approximate surface area is 106 Å². The zero-order valence-electron chi connectivity index (χ0n) is 10.5. The lowest BCUT2D eigenvalue weighted by Crippen LogP contribution is -2.38. The smallest absolute Gasteiger partial charge is 0.246 e. The van der Waals surface area contributed by atoms with Crippen molar-refractivity contribution >= 4 is 10.0 Å². The van der Waals surface area contributed by atoms with Crippen LogP contribution in [-0.4, -0.2) is 30.8 Å². The summed E-state index contributed by atoms with van der Waals surface area (Å²) in [5, 5.41) is 13.0. The maximum atomic E-state index is 12.2. The minimum Gasteiger partial charge on any atom is -0.393 e. The molecule has 1 fully saturated rings. The van der Waals surface area contributed by atoms with E-state index in [-0.39, 0.29) is 17.0 Å². The number of aliphatic hydroxyl groups is 1. The third kappa shape index (κ3) is 2.73. The molecule has 0 bridgehead atoms. The van der Waals surface area contributed by atoms with Gasteiger partial charge in [-0.1, -0.05) is 5.16 Å². The van der Waals surface area contributed by atoms with Crippen LogP contribution in [0.25, 0.3) is 0 Å². The van der Waals surface area contributed by atoms with Crippen LogP contribution < -0.4 is 4.72 Å². The molecule has 1 aromatic rings. The minimum absolute atomic E-state index is 0.118. The molecule has 1 aliphatic rings. The molecular weight excluding hydrogens is 256 g/mol. The van der Waals surface area contributed by atoms with Crippen molar-refractivity contribution in [3.8, 4) is 0 Å². The Morgan fingerprint density at radius 3 is 2.39 bits per heavy atom. The average molecular weight is 274 g/mol. The standard InChI is InChI=1S/C11H18N2O4S/c1-7-11(8(2)17-12-7)18(15,16)13-9-3-5-10(14)6-4-9/h9-10,13-14H,3-6H2,1-2H3. The zero-order chi connectivity index (χ0) is 13.3. The van der Waals surface area contributed by atoms with Crippen LogP contribution in [0.4, 0.5) is 0 Å². The van der Waals surface area contributed by atoms with E-state index in [0.29, 0.717) is 37.1 Å². The Hall–Kier alpha value is -0.920. The van der Waals surface area contributed by atoms with Gasteiger partial charge in [-0.15, -0.1) is 0 Å². The molecule has 1 heterocycles. The molecule has 0 spiro atoms. The summed E-state index contributed by atoms with van der Waals surface area (Å²) >= 11 is 0. The molecule has 0 radical (unpaired) electrons. The molecule has 1 aromatic heterocycles. The van der Waals surface area contributed by atoms with Crippen LogP contribution in [0.3, 0.4) is 0 Å². The third-order valence-electron chi connectivity index (χ3n) is 3.26. The molecule has 102 valence electrons. The number of nitrogens with zero attached hydrogens (tertiary/aromatic N) is 1. The fourth-order valence-corrected chi connectivity index (χ4v) is 3.96. The number of hydrogen-bond acceptors (Lipinski definition) is 5. The maximum absolute atomic E-state index is 12.2. The van der Waals surface area contributed by atoms with E-state index in [9.17, 15) is 13.5 Å². The van der Waals surface area contributed by atoms with Gasteiger partial charge in [0.05, 0.1) is 6.10 Å². The molecule has 1 saturated carbocycles. The molecule has 0 unspecified atom stereocenters. The van der Waals surface area contributed by atoms with E-state index in [1.807, 2.05) is 0 Å². The Bertz CT molecular complexity index is 496. The van der Waals surface area contributed by atoms with E-state index >= 15 is 0 Å². The molecule has 2 rings (SSSR count). The Kier molecular flexibility index (Phi) is 3.74. The summed E-state index contributed by atoms with van der Waals surface area (Å²) in [5.74, 6) is 0.302. The summed E-state index contributed by atoms with van der Waals surface area (Å²) in [7, 11) is -3.58. The Morgan fingerprint density at radius 2 is 1.89 bits per heavy atom. The Morgan fingerprint density at radius 1 is 1.28 bits per heavy atom. The first-order valence-electron chi connectivity index (χ1n) is 6.03. The van der Waals surface area contributed by atoms with Crippen molar-refractivity contribution in [3.05, 3.63) is 11.5 Å². The van der Waals surface area contributed by atoms with Gasteiger partial charge < -0.3 is 9.63 Å². The molecule has 0 aliphatic heterocycles. The number of aryl methyl sites for hydroxylation is 2. The molecule has 2 N–H and O–H groups in total. The Balaban J connectivity index is 2.13.